The molecule has 0 unspecified atom stereocenters. The monoisotopic (exact) mass is 502 g/mol. The normalized spacial score (nSPS) is 16.8. The summed E-state index contributed by atoms with van der Waals surface area (Å²) < 4.78 is 17.7. The molecule has 7 nitrogen and oxygen atoms in total. The van der Waals surface area contributed by atoms with Crippen LogP contribution in [0, 0.1) is 6.92 Å². The number of nitrogens with one attached hydrogen (secondary N) is 1. The third kappa shape index (κ3) is 5.33. The molecule has 1 saturated heterocycles. The van der Waals surface area contributed by atoms with Gasteiger partial charge in [-0.2, -0.15) is 0 Å². The summed E-state index contributed by atoms with van der Waals surface area (Å²) in [6.45, 7) is 5.81. The molecular weight excluding hydrogens is 468 g/mol. The molecule has 2 heterocycles. The van der Waals surface area contributed by atoms with Crippen molar-refractivity contribution in [1.82, 2.24) is 4.98 Å². The first kappa shape index (κ1) is 25.2. The van der Waals surface area contributed by atoms with Gasteiger partial charge in [0.2, 0.25) is 0 Å². The van der Waals surface area contributed by atoms with E-state index in [1.165, 1.54) is 11.1 Å². The van der Waals surface area contributed by atoms with E-state index in [1.807, 2.05) is 38.2 Å². The number of aliphatic carboxylic acids is 1. The minimum Gasteiger partial charge on any atom is -0.492 e. The van der Waals surface area contributed by atoms with E-state index < -0.39 is 11.5 Å². The minimum atomic E-state index is -1.04. The molecule has 0 saturated carbocycles. The van der Waals surface area contributed by atoms with Crippen LogP contribution in [0.25, 0.3) is 11.1 Å². The number of anilines is 1. The lowest BCUT2D eigenvalue weighted by molar-refractivity contribution is -0.145. The zero-order valence-corrected chi connectivity index (χ0v) is 21.5. The van der Waals surface area contributed by atoms with Crippen LogP contribution >= 0.6 is 0 Å². The summed E-state index contributed by atoms with van der Waals surface area (Å²) in [6, 6.07) is 14.5. The zero-order valence-electron chi connectivity index (χ0n) is 21.5. The second-order valence-corrected chi connectivity index (χ2v) is 9.85. The Morgan fingerprint density at radius 3 is 2.51 bits per heavy atom. The van der Waals surface area contributed by atoms with Crippen LogP contribution in [0.15, 0.2) is 54.9 Å². The largest absolute Gasteiger partial charge is 0.492 e. The molecule has 3 aromatic rings. The topological polar surface area (TPSA) is 89.9 Å². The molecule has 0 amide bonds. The quantitative estimate of drug-likeness (QED) is 0.416. The van der Waals surface area contributed by atoms with Crippen LogP contribution in [-0.2, 0) is 33.7 Å². The fourth-order valence-corrected chi connectivity index (χ4v) is 5.36. The van der Waals surface area contributed by atoms with Gasteiger partial charge in [-0.25, -0.2) is 4.79 Å². The molecule has 5 rings (SSSR count). The summed E-state index contributed by atoms with van der Waals surface area (Å²) in [7, 11) is 0. The van der Waals surface area contributed by atoms with E-state index in [0.29, 0.717) is 39.3 Å². The molecule has 1 aromatic heterocycles. The standard InChI is InChI=1S/C30H34N2O5/c1-3-36-28-18-31-17-27(20(28)2)26-9-8-24(32-30(29(33)34)10-12-35-13-11-30)14-23(26)19-37-25-15-21-6-4-5-7-22(21)16-25/h4-9,14,17-18,25,32H,3,10-13,15-16,19H2,1-2H3,(H,33,34). The maximum absolute atomic E-state index is 12.2. The van der Waals surface area contributed by atoms with Crippen molar-refractivity contribution in [2.75, 3.05) is 25.1 Å². The highest BCUT2D eigenvalue weighted by molar-refractivity contribution is 5.83. The van der Waals surface area contributed by atoms with Crippen LogP contribution in [0.1, 0.15) is 42.0 Å². The summed E-state index contributed by atoms with van der Waals surface area (Å²) in [5.41, 5.74) is 6.37. The minimum absolute atomic E-state index is 0.108. The second kappa shape index (κ2) is 10.9. The van der Waals surface area contributed by atoms with Crippen molar-refractivity contribution in [2.24, 2.45) is 0 Å². The van der Waals surface area contributed by atoms with E-state index in [4.69, 9.17) is 14.2 Å². The second-order valence-electron chi connectivity index (χ2n) is 9.85. The van der Waals surface area contributed by atoms with Crippen LogP contribution in [0.3, 0.4) is 0 Å². The summed E-state index contributed by atoms with van der Waals surface area (Å²) >= 11 is 0. The van der Waals surface area contributed by atoms with Crippen LogP contribution < -0.4 is 10.1 Å². The molecular formula is C30H34N2O5. The number of hydrogen-bond acceptors (Lipinski definition) is 6. The molecule has 0 radical (unpaired) electrons. The van der Waals surface area contributed by atoms with Gasteiger partial charge in [0.05, 0.1) is 25.5 Å². The number of pyridine rings is 1. The number of hydrogen-bond donors (Lipinski definition) is 2. The number of fused-ring (bicyclic) bond motifs is 1. The number of carboxylic acid groups (broad SMARTS) is 1. The van der Waals surface area contributed by atoms with Gasteiger partial charge in [0.15, 0.2) is 0 Å². The molecule has 2 N–H and O–H groups in total. The van der Waals surface area contributed by atoms with Crippen LogP contribution in [0.5, 0.6) is 5.75 Å². The number of nitrogens with zero attached hydrogens (tertiary/aromatic N) is 1. The highest BCUT2D eigenvalue weighted by atomic mass is 16.5. The molecule has 1 aliphatic carbocycles. The first-order chi connectivity index (χ1) is 18.0. The Labute approximate surface area is 217 Å². The number of carboxylic acids is 1. The van der Waals surface area contributed by atoms with Crippen molar-refractivity contribution in [3.8, 4) is 16.9 Å². The van der Waals surface area contributed by atoms with Crippen molar-refractivity contribution in [2.45, 2.75) is 57.8 Å². The summed E-state index contributed by atoms with van der Waals surface area (Å²) in [6.07, 6.45) is 6.32. The van der Waals surface area contributed by atoms with E-state index in [0.717, 1.165) is 46.5 Å². The Morgan fingerprint density at radius 2 is 1.84 bits per heavy atom. The first-order valence-corrected chi connectivity index (χ1v) is 13.0. The Balaban J connectivity index is 1.45. The van der Waals surface area contributed by atoms with E-state index >= 15 is 0 Å². The lowest BCUT2D eigenvalue weighted by Crippen LogP contribution is -2.50. The van der Waals surface area contributed by atoms with Crippen molar-refractivity contribution < 1.29 is 24.1 Å². The first-order valence-electron chi connectivity index (χ1n) is 13.0. The van der Waals surface area contributed by atoms with Crippen molar-refractivity contribution >= 4 is 11.7 Å². The Morgan fingerprint density at radius 1 is 1.11 bits per heavy atom. The third-order valence-electron chi connectivity index (χ3n) is 7.49. The Bertz CT molecular complexity index is 1240. The van der Waals surface area contributed by atoms with Gasteiger partial charge >= 0.3 is 5.97 Å². The third-order valence-corrected chi connectivity index (χ3v) is 7.49. The summed E-state index contributed by atoms with van der Waals surface area (Å²) in [5.74, 6) is -0.0989. The zero-order chi connectivity index (χ0) is 25.8. The molecule has 2 aliphatic rings. The summed E-state index contributed by atoms with van der Waals surface area (Å²) in [4.78, 5) is 16.7. The molecule has 1 aliphatic heterocycles. The average molecular weight is 503 g/mol. The predicted molar refractivity (Wildman–Crippen MR) is 142 cm³/mol. The van der Waals surface area contributed by atoms with E-state index in [2.05, 4.69) is 34.6 Å². The maximum atomic E-state index is 12.2. The number of ether oxygens (including phenoxy) is 3. The van der Waals surface area contributed by atoms with Gasteiger partial charge in [0.25, 0.3) is 0 Å². The van der Waals surface area contributed by atoms with Gasteiger partial charge in [-0.1, -0.05) is 30.3 Å². The SMILES string of the molecule is CCOc1cncc(-c2ccc(NC3(C(=O)O)CCOCC3)cc2COC2Cc3ccccc3C2)c1C. The van der Waals surface area contributed by atoms with E-state index in [1.54, 1.807) is 6.20 Å². The summed E-state index contributed by atoms with van der Waals surface area (Å²) in [5, 5.41) is 13.4. The highest BCUT2D eigenvalue weighted by Crippen LogP contribution is 2.35. The van der Waals surface area contributed by atoms with Crippen molar-refractivity contribution in [3.05, 3.63) is 77.1 Å². The fourth-order valence-electron chi connectivity index (χ4n) is 5.36. The molecule has 0 spiro atoms. The average Bonchev–Trinajstić information content (AvgIpc) is 3.33. The molecule has 0 bridgehead atoms. The van der Waals surface area contributed by atoms with Crippen LogP contribution in [-0.4, -0.2) is 47.5 Å². The van der Waals surface area contributed by atoms with Gasteiger partial charge in [-0.3, -0.25) is 4.98 Å². The fraction of sp³-hybridized carbons (Fsp3) is 0.400. The lowest BCUT2D eigenvalue weighted by Gasteiger charge is -2.35. The van der Waals surface area contributed by atoms with E-state index in [-0.39, 0.29) is 6.10 Å². The van der Waals surface area contributed by atoms with Gasteiger partial charge in [0, 0.05) is 49.1 Å². The van der Waals surface area contributed by atoms with Gasteiger partial charge in [-0.15, -0.1) is 0 Å². The smallest absolute Gasteiger partial charge is 0.329 e. The maximum Gasteiger partial charge on any atom is 0.329 e. The molecule has 7 heteroatoms. The highest BCUT2D eigenvalue weighted by Gasteiger charge is 2.40. The van der Waals surface area contributed by atoms with Gasteiger partial charge in [0.1, 0.15) is 11.3 Å². The lowest BCUT2D eigenvalue weighted by atomic mass is 9.89. The molecule has 194 valence electrons. The number of benzene rings is 2. The van der Waals surface area contributed by atoms with E-state index in [9.17, 15) is 9.90 Å². The molecule has 1 fully saturated rings. The number of rotatable bonds is 9. The molecule has 37 heavy (non-hydrogen) atoms. The van der Waals surface area contributed by atoms with Gasteiger partial charge < -0.3 is 24.6 Å². The van der Waals surface area contributed by atoms with Crippen LogP contribution in [0.4, 0.5) is 5.69 Å². The number of aromatic nitrogens is 1. The van der Waals surface area contributed by atoms with Crippen LogP contribution in [0.2, 0.25) is 0 Å². The van der Waals surface area contributed by atoms with Gasteiger partial charge in [-0.05, 0) is 61.1 Å². The van der Waals surface area contributed by atoms with Crippen molar-refractivity contribution in [3.63, 3.8) is 0 Å². The predicted octanol–water partition coefficient (Wildman–Crippen LogP) is 5.19. The number of carbonyl (C=O) groups is 1. The Hall–Kier alpha value is -3.42. The van der Waals surface area contributed by atoms with Crippen molar-refractivity contribution in [1.29, 1.82) is 0 Å². The molecule has 2 aromatic carbocycles. The molecule has 0 atom stereocenters. The Kier molecular flexibility index (Phi) is 7.44.